The van der Waals surface area contributed by atoms with Crippen molar-refractivity contribution in [2.45, 2.75) is 26.3 Å². The van der Waals surface area contributed by atoms with Gasteiger partial charge in [-0.25, -0.2) is 0 Å². The Morgan fingerprint density at radius 2 is 2.09 bits per heavy atom. The van der Waals surface area contributed by atoms with Crippen molar-refractivity contribution in [1.82, 2.24) is 4.90 Å². The molecule has 11 heavy (non-hydrogen) atoms. The molecule has 0 aliphatic heterocycles. The van der Waals surface area contributed by atoms with Crippen molar-refractivity contribution in [1.29, 1.82) is 0 Å². The Hall–Kier alpha value is -0.410. The first kappa shape index (κ1) is 10.6. The van der Waals surface area contributed by atoms with Crippen molar-refractivity contribution in [3.8, 4) is 0 Å². The SMILES string of the molecule is CC(C)N(CCO)CCC=O. The van der Waals surface area contributed by atoms with Crippen LogP contribution in [0.5, 0.6) is 0 Å². The quantitative estimate of drug-likeness (QED) is 0.566. The smallest absolute Gasteiger partial charge is 0.121 e. The number of aliphatic hydroxyl groups is 1. The van der Waals surface area contributed by atoms with Crippen LogP contribution < -0.4 is 0 Å². The number of carbonyl (C=O) groups is 1. The van der Waals surface area contributed by atoms with Gasteiger partial charge in [-0.15, -0.1) is 0 Å². The monoisotopic (exact) mass is 159 g/mol. The fourth-order valence-electron chi connectivity index (χ4n) is 0.975. The summed E-state index contributed by atoms with van der Waals surface area (Å²) in [5, 5.41) is 8.65. The second-order valence-corrected chi connectivity index (χ2v) is 2.81. The van der Waals surface area contributed by atoms with Crippen LogP contribution in [0.4, 0.5) is 0 Å². The highest BCUT2D eigenvalue weighted by Crippen LogP contribution is 1.97. The van der Waals surface area contributed by atoms with Gasteiger partial charge in [0.15, 0.2) is 0 Å². The lowest BCUT2D eigenvalue weighted by Gasteiger charge is -2.24. The first-order valence-electron chi connectivity index (χ1n) is 4.01. The first-order chi connectivity index (χ1) is 5.22. The van der Waals surface area contributed by atoms with Crippen molar-refractivity contribution in [2.24, 2.45) is 0 Å². The van der Waals surface area contributed by atoms with Gasteiger partial charge >= 0.3 is 0 Å². The molecule has 0 amide bonds. The fraction of sp³-hybridized carbons (Fsp3) is 0.875. The highest BCUT2D eigenvalue weighted by atomic mass is 16.3. The van der Waals surface area contributed by atoms with Gasteiger partial charge < -0.3 is 9.90 Å². The number of hydrogen-bond acceptors (Lipinski definition) is 3. The van der Waals surface area contributed by atoms with Gasteiger partial charge in [0.25, 0.3) is 0 Å². The van der Waals surface area contributed by atoms with E-state index in [0.29, 0.717) is 19.0 Å². The summed E-state index contributed by atoms with van der Waals surface area (Å²) in [4.78, 5) is 12.1. The molecular weight excluding hydrogens is 142 g/mol. The first-order valence-corrected chi connectivity index (χ1v) is 4.01. The van der Waals surface area contributed by atoms with E-state index in [1.165, 1.54) is 0 Å². The Balaban J connectivity index is 3.59. The van der Waals surface area contributed by atoms with Gasteiger partial charge in [-0.1, -0.05) is 0 Å². The Labute approximate surface area is 68.0 Å². The second kappa shape index (κ2) is 6.31. The van der Waals surface area contributed by atoms with Gasteiger partial charge in [-0.05, 0) is 13.8 Å². The molecule has 66 valence electrons. The molecular formula is C8H17NO2. The average molecular weight is 159 g/mol. The zero-order valence-electron chi connectivity index (χ0n) is 7.29. The molecule has 0 bridgehead atoms. The lowest BCUT2D eigenvalue weighted by molar-refractivity contribution is -0.108. The third-order valence-corrected chi connectivity index (χ3v) is 1.65. The number of hydrogen-bond donors (Lipinski definition) is 1. The Kier molecular flexibility index (Phi) is 6.07. The van der Waals surface area contributed by atoms with Crippen LogP contribution in [0.2, 0.25) is 0 Å². The second-order valence-electron chi connectivity index (χ2n) is 2.81. The molecule has 0 aromatic heterocycles. The van der Waals surface area contributed by atoms with Gasteiger partial charge in [0.05, 0.1) is 6.61 Å². The Bertz CT molecular complexity index is 104. The molecule has 0 fully saturated rings. The van der Waals surface area contributed by atoms with E-state index in [9.17, 15) is 4.79 Å². The Morgan fingerprint density at radius 3 is 2.45 bits per heavy atom. The molecule has 0 radical (unpaired) electrons. The largest absolute Gasteiger partial charge is 0.395 e. The van der Waals surface area contributed by atoms with Crippen molar-refractivity contribution in [2.75, 3.05) is 19.7 Å². The summed E-state index contributed by atoms with van der Waals surface area (Å²) in [6, 6.07) is 0.405. The van der Waals surface area contributed by atoms with Crippen molar-refractivity contribution in [3.05, 3.63) is 0 Å². The summed E-state index contributed by atoms with van der Waals surface area (Å²) in [5.41, 5.74) is 0. The number of rotatable bonds is 6. The van der Waals surface area contributed by atoms with Crippen molar-refractivity contribution >= 4 is 6.29 Å². The van der Waals surface area contributed by atoms with Crippen LogP contribution in [0.3, 0.4) is 0 Å². The van der Waals surface area contributed by atoms with Crippen LogP contribution in [0, 0.1) is 0 Å². The Morgan fingerprint density at radius 1 is 1.45 bits per heavy atom. The number of aliphatic hydroxyl groups excluding tert-OH is 1. The van der Waals surface area contributed by atoms with Crippen molar-refractivity contribution in [3.63, 3.8) is 0 Å². The van der Waals surface area contributed by atoms with Gasteiger partial charge in [0.1, 0.15) is 6.29 Å². The topological polar surface area (TPSA) is 40.5 Å². The van der Waals surface area contributed by atoms with E-state index >= 15 is 0 Å². The molecule has 0 atom stereocenters. The highest BCUT2D eigenvalue weighted by Gasteiger charge is 2.06. The fourth-order valence-corrected chi connectivity index (χ4v) is 0.975. The van der Waals surface area contributed by atoms with E-state index in [2.05, 4.69) is 18.7 Å². The van der Waals surface area contributed by atoms with Gasteiger partial charge in [0, 0.05) is 25.6 Å². The molecule has 0 aliphatic carbocycles. The molecule has 0 aromatic rings. The maximum absolute atomic E-state index is 10.0. The third-order valence-electron chi connectivity index (χ3n) is 1.65. The normalized spacial score (nSPS) is 11.0. The molecule has 0 unspecified atom stereocenters. The molecule has 0 saturated carbocycles. The van der Waals surface area contributed by atoms with E-state index in [0.717, 1.165) is 12.8 Å². The summed E-state index contributed by atoms with van der Waals surface area (Å²) in [6.45, 7) is 5.69. The van der Waals surface area contributed by atoms with Crippen LogP contribution in [0.1, 0.15) is 20.3 Å². The third kappa shape index (κ3) is 4.93. The predicted octanol–water partition coefficient (Wildman–Crippen LogP) is 0.278. The van der Waals surface area contributed by atoms with Gasteiger partial charge in [-0.2, -0.15) is 0 Å². The lowest BCUT2D eigenvalue weighted by atomic mass is 10.3. The van der Waals surface area contributed by atoms with E-state index in [-0.39, 0.29) is 6.61 Å². The van der Waals surface area contributed by atoms with Crippen LogP contribution >= 0.6 is 0 Å². The standard InChI is InChI=1S/C8H17NO2/c1-8(2)9(5-7-11)4-3-6-10/h6,8,11H,3-5,7H2,1-2H3. The van der Waals surface area contributed by atoms with Gasteiger partial charge in [0.2, 0.25) is 0 Å². The summed E-state index contributed by atoms with van der Waals surface area (Å²) in [5.74, 6) is 0. The van der Waals surface area contributed by atoms with Crippen molar-refractivity contribution < 1.29 is 9.90 Å². The van der Waals surface area contributed by atoms with Gasteiger partial charge in [-0.3, -0.25) is 4.90 Å². The summed E-state index contributed by atoms with van der Waals surface area (Å²) < 4.78 is 0. The van der Waals surface area contributed by atoms with Crippen LogP contribution in [0.15, 0.2) is 0 Å². The number of nitrogens with zero attached hydrogens (tertiary/aromatic N) is 1. The van der Waals surface area contributed by atoms with E-state index < -0.39 is 0 Å². The lowest BCUT2D eigenvalue weighted by Crippen LogP contribution is -2.34. The summed E-state index contributed by atoms with van der Waals surface area (Å²) in [6.07, 6.45) is 1.46. The molecule has 0 rings (SSSR count). The average Bonchev–Trinajstić information content (AvgIpc) is 1.97. The van der Waals surface area contributed by atoms with E-state index in [1.54, 1.807) is 0 Å². The molecule has 0 spiro atoms. The molecule has 3 nitrogen and oxygen atoms in total. The minimum Gasteiger partial charge on any atom is -0.395 e. The van der Waals surface area contributed by atoms with Crippen LogP contribution in [-0.4, -0.2) is 42.0 Å². The summed E-state index contributed by atoms with van der Waals surface area (Å²) in [7, 11) is 0. The molecule has 0 saturated heterocycles. The minimum absolute atomic E-state index is 0.164. The molecule has 1 N–H and O–H groups in total. The molecule has 0 heterocycles. The summed E-state index contributed by atoms with van der Waals surface area (Å²) >= 11 is 0. The molecule has 0 aromatic carbocycles. The minimum atomic E-state index is 0.164. The number of carbonyl (C=O) groups excluding carboxylic acids is 1. The number of aldehydes is 1. The maximum Gasteiger partial charge on any atom is 0.121 e. The molecule has 3 heteroatoms. The van der Waals surface area contributed by atoms with E-state index in [4.69, 9.17) is 5.11 Å². The van der Waals surface area contributed by atoms with E-state index in [1.807, 2.05) is 0 Å². The zero-order chi connectivity index (χ0) is 8.69. The van der Waals surface area contributed by atoms with Crippen LogP contribution in [0.25, 0.3) is 0 Å². The molecule has 0 aliphatic rings. The zero-order valence-corrected chi connectivity index (χ0v) is 7.29. The maximum atomic E-state index is 10.0. The highest BCUT2D eigenvalue weighted by molar-refractivity contribution is 5.49. The van der Waals surface area contributed by atoms with Crippen LogP contribution in [-0.2, 0) is 4.79 Å². The predicted molar refractivity (Wildman–Crippen MR) is 44.5 cm³/mol.